The largest absolute Gasteiger partial charge is 0.295 e. The molecular weight excluding hydrogens is 384 g/mol. The molecule has 0 spiro atoms. The number of nitrogens with zero attached hydrogens (tertiary/aromatic N) is 2. The van der Waals surface area contributed by atoms with E-state index in [2.05, 4.69) is 11.8 Å². The third-order valence-electron chi connectivity index (χ3n) is 5.03. The summed E-state index contributed by atoms with van der Waals surface area (Å²) in [4.78, 5) is 14.0. The van der Waals surface area contributed by atoms with Crippen LogP contribution in [0.5, 0.6) is 0 Å². The number of ketones is 1. The summed E-state index contributed by atoms with van der Waals surface area (Å²) in [7, 11) is -3.61. The lowest BCUT2D eigenvalue weighted by atomic mass is 10.1. The first-order chi connectivity index (χ1) is 12.8. The molecule has 1 saturated heterocycles. The molecule has 3 rings (SSSR count). The molecule has 0 aromatic heterocycles. The molecule has 1 unspecified atom stereocenters. The van der Waals surface area contributed by atoms with Gasteiger partial charge >= 0.3 is 0 Å². The Morgan fingerprint density at radius 1 is 1.04 bits per heavy atom. The maximum absolute atomic E-state index is 12.9. The van der Waals surface area contributed by atoms with Gasteiger partial charge in [0, 0.05) is 42.8 Å². The molecule has 1 aliphatic heterocycles. The number of hydrogen-bond donors (Lipinski definition) is 0. The maximum Gasteiger partial charge on any atom is 0.243 e. The van der Waals surface area contributed by atoms with Gasteiger partial charge < -0.3 is 0 Å². The third-order valence-corrected chi connectivity index (χ3v) is 7.16. The van der Waals surface area contributed by atoms with E-state index in [-0.39, 0.29) is 16.7 Å². The number of benzene rings is 2. The van der Waals surface area contributed by atoms with Crippen molar-refractivity contribution in [2.75, 3.05) is 26.2 Å². The van der Waals surface area contributed by atoms with Crippen LogP contribution in [0.15, 0.2) is 53.4 Å². The summed E-state index contributed by atoms with van der Waals surface area (Å²) in [5, 5.41) is 0.700. The minimum atomic E-state index is -3.61. The number of carbonyl (C=O) groups is 1. The Bertz CT molecular complexity index is 938. The maximum atomic E-state index is 12.9. The highest BCUT2D eigenvalue weighted by molar-refractivity contribution is 7.89. The minimum Gasteiger partial charge on any atom is -0.295 e. The molecule has 1 atom stereocenters. The lowest BCUT2D eigenvalue weighted by molar-refractivity contribution is 0.101. The van der Waals surface area contributed by atoms with Crippen molar-refractivity contribution < 1.29 is 13.2 Å². The van der Waals surface area contributed by atoms with E-state index in [9.17, 15) is 13.2 Å². The standard InChI is InChI=1S/C20H23ClN2O3S/c1-15(17-5-3-7-19(21)13-17)22-9-11-23(12-10-22)27(25,26)20-8-4-6-18(14-20)16(2)24/h3-8,13-15H,9-12H2,1-2H3. The highest BCUT2D eigenvalue weighted by atomic mass is 35.5. The molecule has 0 bridgehead atoms. The number of carbonyl (C=O) groups excluding carboxylic acids is 1. The molecule has 0 N–H and O–H groups in total. The fourth-order valence-electron chi connectivity index (χ4n) is 3.33. The summed E-state index contributed by atoms with van der Waals surface area (Å²) in [6.07, 6.45) is 0. The van der Waals surface area contributed by atoms with E-state index in [0.717, 1.165) is 5.56 Å². The topological polar surface area (TPSA) is 57.7 Å². The molecule has 2 aromatic carbocycles. The smallest absolute Gasteiger partial charge is 0.243 e. The molecule has 1 heterocycles. The van der Waals surface area contributed by atoms with Gasteiger partial charge in [-0.25, -0.2) is 8.42 Å². The van der Waals surface area contributed by atoms with Gasteiger partial charge in [0.05, 0.1) is 4.90 Å². The lowest BCUT2D eigenvalue weighted by Crippen LogP contribution is -2.49. The molecule has 1 fully saturated rings. The summed E-state index contributed by atoms with van der Waals surface area (Å²) >= 11 is 6.08. The first kappa shape index (κ1) is 20.0. The van der Waals surface area contributed by atoms with Crippen LogP contribution in [-0.4, -0.2) is 49.6 Å². The van der Waals surface area contributed by atoms with Crippen LogP contribution in [0.2, 0.25) is 5.02 Å². The molecule has 7 heteroatoms. The van der Waals surface area contributed by atoms with E-state index >= 15 is 0 Å². The molecule has 1 aliphatic rings. The quantitative estimate of drug-likeness (QED) is 0.712. The minimum absolute atomic E-state index is 0.146. The van der Waals surface area contributed by atoms with E-state index in [0.29, 0.717) is 36.8 Å². The number of sulfonamides is 1. The van der Waals surface area contributed by atoms with Crippen LogP contribution in [0, 0.1) is 0 Å². The van der Waals surface area contributed by atoms with Gasteiger partial charge in [0.2, 0.25) is 10.0 Å². The number of halogens is 1. The summed E-state index contributed by atoms with van der Waals surface area (Å²) < 4.78 is 27.4. The number of hydrogen-bond acceptors (Lipinski definition) is 4. The molecule has 0 amide bonds. The van der Waals surface area contributed by atoms with Crippen LogP contribution in [0.25, 0.3) is 0 Å². The van der Waals surface area contributed by atoms with Crippen molar-refractivity contribution in [1.29, 1.82) is 0 Å². The molecule has 0 radical (unpaired) electrons. The first-order valence-electron chi connectivity index (χ1n) is 8.90. The van der Waals surface area contributed by atoms with Crippen LogP contribution in [0.4, 0.5) is 0 Å². The molecule has 144 valence electrons. The Labute approximate surface area is 165 Å². The number of Topliss-reactive ketones (excluding diaryl/α,β-unsaturated/α-hetero) is 1. The summed E-state index contributed by atoms with van der Waals surface area (Å²) in [6.45, 7) is 5.64. The molecule has 0 saturated carbocycles. The van der Waals surface area contributed by atoms with Crippen LogP contribution < -0.4 is 0 Å². The Hall–Kier alpha value is -1.73. The first-order valence-corrected chi connectivity index (χ1v) is 10.7. The van der Waals surface area contributed by atoms with Gasteiger partial charge in [-0.3, -0.25) is 9.69 Å². The summed E-state index contributed by atoms with van der Waals surface area (Å²) in [5.41, 5.74) is 1.53. The third kappa shape index (κ3) is 4.41. The van der Waals surface area contributed by atoms with E-state index in [1.807, 2.05) is 24.3 Å². The zero-order chi connectivity index (χ0) is 19.6. The van der Waals surface area contributed by atoms with E-state index in [1.54, 1.807) is 18.2 Å². The highest BCUT2D eigenvalue weighted by Crippen LogP contribution is 2.26. The second-order valence-electron chi connectivity index (χ2n) is 6.76. The Kier molecular flexibility index (Phi) is 6.01. The number of piperazine rings is 1. The van der Waals surface area contributed by atoms with Crippen molar-refractivity contribution in [1.82, 2.24) is 9.21 Å². The molecule has 5 nitrogen and oxygen atoms in total. The fourth-order valence-corrected chi connectivity index (χ4v) is 5.00. The summed E-state index contributed by atoms with van der Waals surface area (Å²) in [5.74, 6) is -0.146. The van der Waals surface area contributed by atoms with Gasteiger partial charge in [0.25, 0.3) is 0 Å². The van der Waals surface area contributed by atoms with Gasteiger partial charge in [-0.15, -0.1) is 0 Å². The van der Waals surface area contributed by atoms with Crippen molar-refractivity contribution >= 4 is 27.4 Å². The van der Waals surface area contributed by atoms with Gasteiger partial charge in [-0.1, -0.05) is 35.9 Å². The SMILES string of the molecule is CC(=O)c1cccc(S(=O)(=O)N2CCN(C(C)c3cccc(Cl)c3)CC2)c1. The van der Waals surface area contributed by atoms with Gasteiger partial charge in [-0.2, -0.15) is 4.31 Å². The predicted octanol–water partition coefficient (Wildman–Crippen LogP) is 3.61. The Balaban J connectivity index is 1.71. The second kappa shape index (κ2) is 8.10. The molecule has 2 aromatic rings. The molecular formula is C20H23ClN2O3S. The van der Waals surface area contributed by atoms with Crippen LogP contribution in [0.1, 0.15) is 35.8 Å². The van der Waals surface area contributed by atoms with Crippen LogP contribution >= 0.6 is 11.6 Å². The Morgan fingerprint density at radius 2 is 1.70 bits per heavy atom. The monoisotopic (exact) mass is 406 g/mol. The van der Waals surface area contributed by atoms with E-state index in [1.165, 1.54) is 17.3 Å². The normalized spacial score (nSPS) is 17.6. The van der Waals surface area contributed by atoms with Crippen molar-refractivity contribution in [3.63, 3.8) is 0 Å². The highest BCUT2D eigenvalue weighted by Gasteiger charge is 2.30. The predicted molar refractivity (Wildman–Crippen MR) is 107 cm³/mol. The van der Waals surface area contributed by atoms with Crippen LogP contribution in [0.3, 0.4) is 0 Å². The molecule has 0 aliphatic carbocycles. The average molecular weight is 407 g/mol. The van der Waals surface area contributed by atoms with Crippen molar-refractivity contribution in [3.05, 3.63) is 64.7 Å². The average Bonchev–Trinajstić information content (AvgIpc) is 2.67. The van der Waals surface area contributed by atoms with Gasteiger partial charge in [-0.05, 0) is 43.7 Å². The van der Waals surface area contributed by atoms with Crippen molar-refractivity contribution in [2.24, 2.45) is 0 Å². The van der Waals surface area contributed by atoms with Crippen LogP contribution in [-0.2, 0) is 10.0 Å². The molecule has 27 heavy (non-hydrogen) atoms. The van der Waals surface area contributed by atoms with E-state index in [4.69, 9.17) is 11.6 Å². The van der Waals surface area contributed by atoms with Gasteiger partial charge in [0.15, 0.2) is 5.78 Å². The lowest BCUT2D eigenvalue weighted by Gasteiger charge is -2.37. The second-order valence-corrected chi connectivity index (χ2v) is 9.13. The Morgan fingerprint density at radius 3 is 2.33 bits per heavy atom. The van der Waals surface area contributed by atoms with Crippen molar-refractivity contribution in [3.8, 4) is 0 Å². The van der Waals surface area contributed by atoms with Crippen molar-refractivity contribution in [2.45, 2.75) is 24.8 Å². The summed E-state index contributed by atoms with van der Waals surface area (Å²) in [6, 6.07) is 14.2. The van der Waals surface area contributed by atoms with Gasteiger partial charge in [0.1, 0.15) is 0 Å². The van der Waals surface area contributed by atoms with E-state index < -0.39 is 10.0 Å². The fraction of sp³-hybridized carbons (Fsp3) is 0.350. The number of rotatable bonds is 5. The zero-order valence-corrected chi connectivity index (χ0v) is 17.0. The zero-order valence-electron chi connectivity index (χ0n) is 15.4.